The van der Waals surface area contributed by atoms with Gasteiger partial charge in [0.1, 0.15) is 0 Å². The van der Waals surface area contributed by atoms with E-state index in [0.29, 0.717) is 28.4 Å². The van der Waals surface area contributed by atoms with Crippen molar-refractivity contribution in [1.82, 2.24) is 0 Å². The van der Waals surface area contributed by atoms with Gasteiger partial charge in [-0.2, -0.15) is 0 Å². The Hall–Kier alpha value is -2.17. The highest BCUT2D eigenvalue weighted by Gasteiger charge is 2.50. The number of halogens is 1. The molecule has 0 aliphatic carbocycles. The maximum atomic E-state index is 12.6. The first kappa shape index (κ1) is 15.7. The number of anilines is 1. The summed E-state index contributed by atoms with van der Waals surface area (Å²) >= 11 is 5.82. The van der Waals surface area contributed by atoms with E-state index in [0.717, 1.165) is 0 Å². The van der Waals surface area contributed by atoms with Crippen molar-refractivity contribution in [2.24, 2.45) is 0 Å². The Kier molecular flexibility index (Phi) is 3.96. The number of Topliss-reactive ketones (excluding diaryl/α,β-unsaturated/α-hetero) is 1. The van der Waals surface area contributed by atoms with Gasteiger partial charge in [-0.3, -0.25) is 9.59 Å². The topological polar surface area (TPSA) is 57.6 Å². The van der Waals surface area contributed by atoms with Crippen LogP contribution in [0.3, 0.4) is 0 Å². The van der Waals surface area contributed by atoms with Crippen molar-refractivity contribution in [3.63, 3.8) is 0 Å². The number of benzene rings is 2. The summed E-state index contributed by atoms with van der Waals surface area (Å²) in [5.41, 5.74) is -0.257. The summed E-state index contributed by atoms with van der Waals surface area (Å²) in [4.78, 5) is 26.6. The zero-order valence-corrected chi connectivity index (χ0v) is 13.4. The van der Waals surface area contributed by atoms with E-state index in [-0.39, 0.29) is 12.2 Å². The molecule has 0 unspecified atom stereocenters. The molecule has 118 valence electrons. The van der Waals surface area contributed by atoms with E-state index in [4.69, 9.17) is 11.6 Å². The molecule has 1 atom stereocenters. The highest BCUT2D eigenvalue weighted by atomic mass is 35.5. The largest absolute Gasteiger partial charge is 0.375 e. The molecule has 23 heavy (non-hydrogen) atoms. The van der Waals surface area contributed by atoms with E-state index in [1.807, 2.05) is 13.0 Å². The molecule has 3 rings (SSSR count). The molecule has 1 amide bonds. The van der Waals surface area contributed by atoms with Crippen molar-refractivity contribution in [1.29, 1.82) is 0 Å². The van der Waals surface area contributed by atoms with Gasteiger partial charge < -0.3 is 10.0 Å². The third-order valence-corrected chi connectivity index (χ3v) is 4.39. The number of nitrogens with zero attached hydrogens (tertiary/aromatic N) is 1. The number of para-hydroxylation sites is 1. The standard InChI is InChI=1S/C18H16ClNO3/c1-2-20-15-6-4-3-5-14(15)18(23,17(20)22)11-16(21)12-7-9-13(19)10-8-12/h3-10,23H,2,11H2,1H3/t18-/m0/s1. The zero-order chi connectivity index (χ0) is 16.6. The van der Waals surface area contributed by atoms with Crippen molar-refractivity contribution < 1.29 is 14.7 Å². The molecule has 2 aromatic rings. The van der Waals surface area contributed by atoms with Gasteiger partial charge in [0.05, 0.1) is 12.1 Å². The Morgan fingerprint density at radius 3 is 2.48 bits per heavy atom. The molecule has 0 spiro atoms. The van der Waals surface area contributed by atoms with Gasteiger partial charge >= 0.3 is 0 Å². The molecule has 0 radical (unpaired) electrons. The Bertz CT molecular complexity index is 772. The van der Waals surface area contributed by atoms with E-state index in [1.165, 1.54) is 4.90 Å². The van der Waals surface area contributed by atoms with E-state index in [2.05, 4.69) is 0 Å². The lowest BCUT2D eigenvalue weighted by Crippen LogP contribution is -2.41. The van der Waals surface area contributed by atoms with Gasteiger partial charge in [-0.25, -0.2) is 0 Å². The molecule has 4 nitrogen and oxygen atoms in total. The van der Waals surface area contributed by atoms with E-state index < -0.39 is 11.5 Å². The van der Waals surface area contributed by atoms with Crippen LogP contribution in [0.5, 0.6) is 0 Å². The lowest BCUT2D eigenvalue weighted by atomic mass is 9.88. The summed E-state index contributed by atoms with van der Waals surface area (Å²) in [5.74, 6) is -0.756. The van der Waals surface area contributed by atoms with Crippen LogP contribution in [0.1, 0.15) is 29.3 Å². The molecular formula is C18H16ClNO3. The number of carbonyl (C=O) groups excluding carboxylic acids is 2. The number of amides is 1. The molecule has 0 saturated heterocycles. The first-order chi connectivity index (χ1) is 11.0. The summed E-state index contributed by atoms with van der Waals surface area (Å²) in [7, 11) is 0. The smallest absolute Gasteiger partial charge is 0.264 e. The van der Waals surface area contributed by atoms with Crippen molar-refractivity contribution in [3.8, 4) is 0 Å². The van der Waals surface area contributed by atoms with Crippen molar-refractivity contribution >= 4 is 29.0 Å². The Morgan fingerprint density at radius 2 is 1.83 bits per heavy atom. The van der Waals surface area contributed by atoms with Crippen LogP contribution in [-0.4, -0.2) is 23.3 Å². The fraction of sp³-hybridized carbons (Fsp3) is 0.222. The lowest BCUT2D eigenvalue weighted by molar-refractivity contribution is -0.135. The van der Waals surface area contributed by atoms with Gasteiger partial charge in [0.25, 0.3) is 5.91 Å². The number of ketones is 1. The minimum Gasteiger partial charge on any atom is -0.375 e. The van der Waals surface area contributed by atoms with Crippen LogP contribution in [-0.2, 0) is 10.4 Å². The minimum atomic E-state index is -1.82. The Labute approximate surface area is 139 Å². The van der Waals surface area contributed by atoms with Gasteiger partial charge in [0.15, 0.2) is 11.4 Å². The van der Waals surface area contributed by atoms with Crippen molar-refractivity contribution in [2.75, 3.05) is 11.4 Å². The molecule has 0 saturated carbocycles. The van der Waals surface area contributed by atoms with E-state index >= 15 is 0 Å². The number of rotatable bonds is 4. The molecule has 1 aliphatic rings. The average molecular weight is 330 g/mol. The monoisotopic (exact) mass is 329 g/mol. The number of aliphatic hydroxyl groups is 1. The first-order valence-corrected chi connectivity index (χ1v) is 7.78. The maximum absolute atomic E-state index is 12.6. The first-order valence-electron chi connectivity index (χ1n) is 7.40. The third-order valence-electron chi connectivity index (χ3n) is 4.14. The number of fused-ring (bicyclic) bond motifs is 1. The van der Waals surface area contributed by atoms with Crippen LogP contribution in [0.25, 0.3) is 0 Å². The Morgan fingerprint density at radius 1 is 1.17 bits per heavy atom. The van der Waals surface area contributed by atoms with Gasteiger partial charge in [0.2, 0.25) is 0 Å². The molecule has 0 aromatic heterocycles. The van der Waals surface area contributed by atoms with Gasteiger partial charge in [-0.05, 0) is 37.3 Å². The molecule has 0 fully saturated rings. The van der Waals surface area contributed by atoms with Crippen LogP contribution < -0.4 is 4.90 Å². The summed E-state index contributed by atoms with van der Waals surface area (Å²) in [5, 5.41) is 11.5. The van der Waals surface area contributed by atoms with Gasteiger partial charge in [0, 0.05) is 22.7 Å². The van der Waals surface area contributed by atoms with Crippen LogP contribution in [0.2, 0.25) is 5.02 Å². The van der Waals surface area contributed by atoms with Crippen LogP contribution in [0, 0.1) is 0 Å². The number of hydrogen-bond donors (Lipinski definition) is 1. The third kappa shape index (κ3) is 2.54. The molecule has 1 heterocycles. The van der Waals surface area contributed by atoms with Crippen LogP contribution >= 0.6 is 11.6 Å². The zero-order valence-electron chi connectivity index (χ0n) is 12.6. The van der Waals surface area contributed by atoms with Crippen LogP contribution in [0.4, 0.5) is 5.69 Å². The molecule has 2 aromatic carbocycles. The average Bonchev–Trinajstić information content (AvgIpc) is 2.76. The summed E-state index contributed by atoms with van der Waals surface area (Å²) < 4.78 is 0. The number of hydrogen-bond acceptors (Lipinski definition) is 3. The highest BCUT2D eigenvalue weighted by Crippen LogP contribution is 2.42. The lowest BCUT2D eigenvalue weighted by Gasteiger charge is -2.22. The predicted octanol–water partition coefficient (Wildman–Crippen LogP) is 3.17. The van der Waals surface area contributed by atoms with Gasteiger partial charge in [-0.1, -0.05) is 29.8 Å². The number of likely N-dealkylation sites (N-methyl/N-ethyl adjacent to an activating group) is 1. The second-order valence-electron chi connectivity index (χ2n) is 5.53. The predicted molar refractivity (Wildman–Crippen MR) is 88.8 cm³/mol. The normalized spacial score (nSPS) is 19.8. The molecular weight excluding hydrogens is 314 g/mol. The fourth-order valence-electron chi connectivity index (χ4n) is 2.96. The molecule has 5 heteroatoms. The minimum absolute atomic E-state index is 0.291. The molecule has 0 bridgehead atoms. The second kappa shape index (κ2) is 5.80. The van der Waals surface area contributed by atoms with Crippen molar-refractivity contribution in [3.05, 3.63) is 64.7 Å². The number of carbonyl (C=O) groups is 2. The highest BCUT2D eigenvalue weighted by molar-refractivity contribution is 6.30. The van der Waals surface area contributed by atoms with E-state index in [9.17, 15) is 14.7 Å². The summed E-state index contributed by atoms with van der Waals surface area (Å²) in [6.45, 7) is 2.27. The van der Waals surface area contributed by atoms with E-state index in [1.54, 1.807) is 42.5 Å². The summed E-state index contributed by atoms with van der Waals surface area (Å²) in [6, 6.07) is 13.4. The van der Waals surface area contributed by atoms with Crippen LogP contribution in [0.15, 0.2) is 48.5 Å². The fourth-order valence-corrected chi connectivity index (χ4v) is 3.09. The quantitative estimate of drug-likeness (QED) is 0.876. The molecule has 1 aliphatic heterocycles. The van der Waals surface area contributed by atoms with Gasteiger partial charge in [-0.15, -0.1) is 0 Å². The van der Waals surface area contributed by atoms with Crippen molar-refractivity contribution in [2.45, 2.75) is 18.9 Å². The molecule has 1 N–H and O–H groups in total. The summed E-state index contributed by atoms with van der Waals surface area (Å²) in [6.07, 6.45) is -0.291. The second-order valence-corrected chi connectivity index (χ2v) is 5.97. The SMILES string of the molecule is CCN1C(=O)[C@](O)(CC(=O)c2ccc(Cl)cc2)c2ccccc21. The maximum Gasteiger partial charge on any atom is 0.264 e. The Balaban J connectivity index is 1.96.